The second-order valence-corrected chi connectivity index (χ2v) is 8.28. The third kappa shape index (κ3) is 2.76. The van der Waals surface area contributed by atoms with Crippen LogP contribution in [0.15, 0.2) is 30.6 Å². The minimum Gasteiger partial charge on any atom is -0.298 e. The molecule has 0 bridgehead atoms. The van der Waals surface area contributed by atoms with Gasteiger partial charge in [0.1, 0.15) is 0 Å². The Morgan fingerprint density at radius 3 is 2.95 bits per heavy atom. The molecule has 0 spiro atoms. The summed E-state index contributed by atoms with van der Waals surface area (Å²) in [5, 5.41) is 4.05. The van der Waals surface area contributed by atoms with Gasteiger partial charge in [0.05, 0.1) is 17.0 Å². The summed E-state index contributed by atoms with van der Waals surface area (Å²) in [6.45, 7) is 2.18. The first-order valence-corrected chi connectivity index (χ1v) is 9.31. The Hall–Kier alpha value is -1.44. The van der Waals surface area contributed by atoms with Crippen LogP contribution in [-0.2, 0) is 16.6 Å². The van der Waals surface area contributed by atoms with Crippen molar-refractivity contribution >= 4 is 15.5 Å². The first kappa shape index (κ1) is 14.2. The molecule has 6 nitrogen and oxygen atoms in total. The van der Waals surface area contributed by atoms with Gasteiger partial charge in [0.25, 0.3) is 0 Å². The number of hydrogen-bond donors (Lipinski definition) is 1. The van der Waals surface area contributed by atoms with Crippen LogP contribution in [0, 0.1) is 0 Å². The highest BCUT2D eigenvalue weighted by Gasteiger charge is 2.36. The molecule has 3 heterocycles. The van der Waals surface area contributed by atoms with Gasteiger partial charge in [-0.1, -0.05) is 6.07 Å². The lowest BCUT2D eigenvalue weighted by atomic mass is 10.2. The highest BCUT2D eigenvalue weighted by atomic mass is 32.2. The van der Waals surface area contributed by atoms with Crippen molar-refractivity contribution in [2.24, 2.45) is 0 Å². The summed E-state index contributed by atoms with van der Waals surface area (Å²) in [5.41, 5.74) is 2.23. The number of nitrogens with zero attached hydrogens (tertiary/aromatic N) is 3. The third-order valence-corrected chi connectivity index (χ3v) is 6.40. The van der Waals surface area contributed by atoms with Gasteiger partial charge in [-0.25, -0.2) is 17.7 Å². The van der Waals surface area contributed by atoms with Gasteiger partial charge in [-0.15, -0.1) is 0 Å². The minimum absolute atomic E-state index is 0.193. The maximum atomic E-state index is 12.3. The van der Waals surface area contributed by atoms with Crippen LogP contribution in [0.25, 0.3) is 5.52 Å². The number of hydrogen-bond acceptors (Lipinski definition) is 4. The quantitative estimate of drug-likeness (QED) is 0.892. The average Bonchev–Trinajstić information content (AvgIpc) is 3.02. The maximum Gasteiger partial charge on any atom is 0.216 e. The van der Waals surface area contributed by atoms with E-state index in [0.29, 0.717) is 13.0 Å². The first-order chi connectivity index (χ1) is 10.6. The minimum atomic E-state index is -3.16. The van der Waals surface area contributed by atoms with Crippen molar-refractivity contribution in [3.8, 4) is 0 Å². The van der Waals surface area contributed by atoms with E-state index in [1.165, 1.54) is 0 Å². The molecule has 1 atom stereocenters. The van der Waals surface area contributed by atoms with Crippen LogP contribution >= 0.6 is 0 Å². The van der Waals surface area contributed by atoms with Crippen LogP contribution in [0.5, 0.6) is 0 Å². The van der Waals surface area contributed by atoms with Crippen LogP contribution in [0.1, 0.15) is 24.8 Å². The third-order valence-electron chi connectivity index (χ3n) is 4.48. The molecule has 0 aromatic carbocycles. The fourth-order valence-electron chi connectivity index (χ4n) is 3.07. The fraction of sp³-hybridized carbons (Fsp3) is 0.533. The fourth-order valence-corrected chi connectivity index (χ4v) is 4.79. The monoisotopic (exact) mass is 320 g/mol. The van der Waals surface area contributed by atoms with Gasteiger partial charge < -0.3 is 0 Å². The first-order valence-electron chi connectivity index (χ1n) is 7.76. The molecule has 1 unspecified atom stereocenters. The number of pyridine rings is 1. The van der Waals surface area contributed by atoms with E-state index < -0.39 is 10.0 Å². The molecule has 1 aliphatic carbocycles. The number of nitrogens with one attached hydrogen (secondary N) is 1. The summed E-state index contributed by atoms with van der Waals surface area (Å²) in [5.74, 6) is 0. The van der Waals surface area contributed by atoms with Gasteiger partial charge in [-0.05, 0) is 37.9 Å². The maximum absolute atomic E-state index is 12.3. The van der Waals surface area contributed by atoms with Gasteiger partial charge in [-0.2, -0.15) is 5.10 Å². The molecule has 0 amide bonds. The zero-order chi connectivity index (χ0) is 15.2. The Bertz CT molecular complexity index is 782. The van der Waals surface area contributed by atoms with Crippen molar-refractivity contribution < 1.29 is 8.42 Å². The topological polar surface area (TPSA) is 66.7 Å². The second-order valence-electron chi connectivity index (χ2n) is 6.28. The molecule has 1 aliphatic heterocycles. The highest BCUT2D eigenvalue weighted by molar-refractivity contribution is 7.90. The molecule has 2 fully saturated rings. The van der Waals surface area contributed by atoms with Crippen molar-refractivity contribution in [2.75, 3.05) is 13.1 Å². The summed E-state index contributed by atoms with van der Waals surface area (Å²) in [4.78, 5) is 2.21. The molecule has 0 radical (unpaired) electrons. The van der Waals surface area contributed by atoms with Crippen molar-refractivity contribution in [1.82, 2.24) is 19.2 Å². The molecule has 2 aromatic rings. The Labute approximate surface area is 130 Å². The van der Waals surface area contributed by atoms with Crippen LogP contribution in [0.3, 0.4) is 0 Å². The van der Waals surface area contributed by atoms with E-state index in [1.807, 2.05) is 35.1 Å². The number of rotatable bonds is 5. The Morgan fingerprint density at radius 2 is 2.14 bits per heavy atom. The number of fused-ring (bicyclic) bond motifs is 1. The lowest BCUT2D eigenvalue weighted by Gasteiger charge is -2.16. The molecular weight excluding hydrogens is 300 g/mol. The predicted molar refractivity (Wildman–Crippen MR) is 84.0 cm³/mol. The molecule has 118 valence electrons. The Kier molecular flexibility index (Phi) is 3.43. The molecular formula is C15H20N4O2S. The van der Waals surface area contributed by atoms with E-state index in [0.717, 1.165) is 37.0 Å². The molecule has 1 N–H and O–H groups in total. The van der Waals surface area contributed by atoms with Crippen LogP contribution < -0.4 is 4.72 Å². The molecule has 2 aromatic heterocycles. The largest absolute Gasteiger partial charge is 0.298 e. The summed E-state index contributed by atoms with van der Waals surface area (Å²) in [6, 6.07) is 6.18. The summed E-state index contributed by atoms with van der Waals surface area (Å²) in [7, 11) is -3.16. The standard InChI is InChI=1S/C15H20N4O2S/c20-22(21,17-13-4-5-13)14-6-8-18(11-14)10-12-9-16-19-7-2-1-3-15(12)19/h1-3,7,9,13-14,17H,4-6,8,10-11H2. The SMILES string of the molecule is O=S(=O)(NC1CC1)C1CCN(Cc2cnn3ccccc23)C1. The number of likely N-dealkylation sites (tertiary alicyclic amines) is 1. The van der Waals surface area contributed by atoms with Crippen molar-refractivity contribution in [2.45, 2.75) is 37.1 Å². The van der Waals surface area contributed by atoms with E-state index in [4.69, 9.17) is 0 Å². The molecule has 1 saturated heterocycles. The summed E-state index contributed by atoms with van der Waals surface area (Å²) >= 11 is 0. The summed E-state index contributed by atoms with van der Waals surface area (Å²) in [6.07, 6.45) is 6.48. The molecule has 7 heteroatoms. The van der Waals surface area contributed by atoms with Gasteiger partial charge in [0.2, 0.25) is 10.0 Å². The molecule has 22 heavy (non-hydrogen) atoms. The smallest absolute Gasteiger partial charge is 0.216 e. The van der Waals surface area contributed by atoms with Gasteiger partial charge in [-0.3, -0.25) is 4.90 Å². The lowest BCUT2D eigenvalue weighted by molar-refractivity contribution is 0.332. The normalized spacial score (nSPS) is 23.4. The van der Waals surface area contributed by atoms with E-state index >= 15 is 0 Å². The zero-order valence-corrected chi connectivity index (χ0v) is 13.2. The highest BCUT2D eigenvalue weighted by Crippen LogP contribution is 2.24. The second kappa shape index (κ2) is 5.33. The van der Waals surface area contributed by atoms with Crippen LogP contribution in [0.2, 0.25) is 0 Å². The Balaban J connectivity index is 1.44. The number of aromatic nitrogens is 2. The van der Waals surface area contributed by atoms with Crippen molar-refractivity contribution in [3.05, 3.63) is 36.2 Å². The van der Waals surface area contributed by atoms with Gasteiger partial charge in [0, 0.05) is 30.9 Å². The lowest BCUT2D eigenvalue weighted by Crippen LogP contribution is -2.37. The molecule has 1 saturated carbocycles. The Morgan fingerprint density at radius 1 is 1.27 bits per heavy atom. The van der Waals surface area contributed by atoms with Gasteiger partial charge in [0.15, 0.2) is 0 Å². The van der Waals surface area contributed by atoms with E-state index in [2.05, 4.69) is 14.7 Å². The van der Waals surface area contributed by atoms with E-state index in [-0.39, 0.29) is 11.3 Å². The van der Waals surface area contributed by atoms with Crippen molar-refractivity contribution in [3.63, 3.8) is 0 Å². The van der Waals surface area contributed by atoms with Crippen LogP contribution in [-0.4, -0.2) is 47.3 Å². The van der Waals surface area contributed by atoms with Crippen molar-refractivity contribution in [1.29, 1.82) is 0 Å². The zero-order valence-electron chi connectivity index (χ0n) is 12.4. The summed E-state index contributed by atoms with van der Waals surface area (Å²) < 4.78 is 29.2. The molecule has 4 rings (SSSR count). The predicted octanol–water partition coefficient (Wildman–Crippen LogP) is 0.990. The van der Waals surface area contributed by atoms with Crippen LogP contribution in [0.4, 0.5) is 0 Å². The van der Waals surface area contributed by atoms with Gasteiger partial charge >= 0.3 is 0 Å². The van der Waals surface area contributed by atoms with E-state index in [1.54, 1.807) is 0 Å². The van der Waals surface area contributed by atoms with E-state index in [9.17, 15) is 8.42 Å². The molecule has 2 aliphatic rings. The average molecular weight is 320 g/mol. The number of sulfonamides is 1.